The van der Waals surface area contributed by atoms with E-state index in [4.69, 9.17) is 5.11 Å². The van der Waals surface area contributed by atoms with Gasteiger partial charge in [-0.05, 0) is 13.3 Å². The van der Waals surface area contributed by atoms with Crippen LogP contribution in [-0.2, 0) is 9.59 Å². The average Bonchev–Trinajstić information content (AvgIpc) is 2.56. The van der Waals surface area contributed by atoms with Crippen LogP contribution in [0.2, 0.25) is 0 Å². The third kappa shape index (κ3) is 16.0. The number of carbonyl (C=O) groups excluding carboxylic acids is 1. The number of unbranched alkanes of at least 4 members (excludes halogenated alkanes) is 12. The van der Waals surface area contributed by atoms with E-state index in [-0.39, 0.29) is 12.3 Å². The minimum absolute atomic E-state index is 0.117. The molecule has 0 aromatic rings. The number of carboxylic acids is 1. The zero-order valence-corrected chi connectivity index (χ0v) is 15.9. The highest BCUT2D eigenvalue weighted by molar-refractivity contribution is 5.81. The Balaban J connectivity index is 3.22. The second-order valence-corrected chi connectivity index (χ2v) is 6.97. The first-order valence-electron chi connectivity index (χ1n) is 10.1. The predicted molar refractivity (Wildman–Crippen MR) is 100 cm³/mol. The highest BCUT2D eigenvalue weighted by Crippen LogP contribution is 2.12. The Bertz CT molecular complexity index is 318. The van der Waals surface area contributed by atoms with Gasteiger partial charge in [0.1, 0.15) is 11.8 Å². The van der Waals surface area contributed by atoms with Gasteiger partial charge in [0.15, 0.2) is 0 Å². The van der Waals surface area contributed by atoms with Crippen LogP contribution in [0, 0.1) is 0 Å². The SMILES string of the molecule is CCCCCCCCCCCCCCCC(=O)CNC(C)C(=O)O. The quantitative estimate of drug-likeness (QED) is 0.340. The Morgan fingerprint density at radius 3 is 1.62 bits per heavy atom. The maximum Gasteiger partial charge on any atom is 0.320 e. The summed E-state index contributed by atoms with van der Waals surface area (Å²) in [6, 6.07) is -0.652. The Morgan fingerprint density at radius 1 is 0.792 bits per heavy atom. The van der Waals surface area contributed by atoms with Gasteiger partial charge in [0.25, 0.3) is 0 Å². The largest absolute Gasteiger partial charge is 0.480 e. The van der Waals surface area contributed by atoms with Crippen molar-refractivity contribution >= 4 is 11.8 Å². The van der Waals surface area contributed by atoms with E-state index in [0.717, 1.165) is 12.8 Å². The number of Topliss-reactive ketones (excluding diaryl/α,β-unsaturated/α-hetero) is 1. The van der Waals surface area contributed by atoms with Crippen LogP contribution < -0.4 is 5.32 Å². The normalized spacial score (nSPS) is 12.2. The highest BCUT2D eigenvalue weighted by Gasteiger charge is 2.11. The molecule has 0 radical (unpaired) electrons. The molecule has 4 heteroatoms. The fraction of sp³-hybridized carbons (Fsp3) is 0.900. The van der Waals surface area contributed by atoms with Crippen LogP contribution in [0.1, 0.15) is 104 Å². The number of ketones is 1. The number of aliphatic carboxylic acids is 1. The summed E-state index contributed by atoms with van der Waals surface area (Å²) in [4.78, 5) is 22.2. The monoisotopic (exact) mass is 341 g/mol. The van der Waals surface area contributed by atoms with E-state index in [1.165, 1.54) is 70.6 Å². The van der Waals surface area contributed by atoms with Gasteiger partial charge in [-0.25, -0.2) is 0 Å². The van der Waals surface area contributed by atoms with Gasteiger partial charge in [-0.3, -0.25) is 14.9 Å². The lowest BCUT2D eigenvalue weighted by Gasteiger charge is -2.08. The molecule has 1 atom stereocenters. The van der Waals surface area contributed by atoms with Crippen LogP contribution in [0.4, 0.5) is 0 Å². The number of rotatable bonds is 18. The first-order valence-corrected chi connectivity index (χ1v) is 10.1. The van der Waals surface area contributed by atoms with Crippen molar-refractivity contribution in [3.05, 3.63) is 0 Å². The maximum atomic E-state index is 11.6. The Kier molecular flexibility index (Phi) is 16.3. The van der Waals surface area contributed by atoms with Crippen LogP contribution in [0.5, 0.6) is 0 Å². The van der Waals surface area contributed by atoms with Crippen molar-refractivity contribution in [1.29, 1.82) is 0 Å². The smallest absolute Gasteiger partial charge is 0.320 e. The van der Waals surface area contributed by atoms with E-state index < -0.39 is 12.0 Å². The van der Waals surface area contributed by atoms with Crippen LogP contribution in [0.25, 0.3) is 0 Å². The summed E-state index contributed by atoms with van der Waals surface area (Å²) in [5.41, 5.74) is 0. The van der Waals surface area contributed by atoms with Crippen LogP contribution >= 0.6 is 0 Å². The molecule has 0 amide bonds. The molecule has 24 heavy (non-hydrogen) atoms. The van der Waals surface area contributed by atoms with Gasteiger partial charge < -0.3 is 5.11 Å². The minimum atomic E-state index is -0.913. The summed E-state index contributed by atoms with van der Waals surface area (Å²) >= 11 is 0. The summed E-state index contributed by atoms with van der Waals surface area (Å²) in [6.07, 6.45) is 17.4. The molecule has 0 aliphatic rings. The van der Waals surface area contributed by atoms with Gasteiger partial charge in [0.05, 0.1) is 6.54 Å². The summed E-state index contributed by atoms with van der Waals surface area (Å²) in [5.74, 6) is -0.796. The molecule has 1 unspecified atom stereocenters. The highest BCUT2D eigenvalue weighted by atomic mass is 16.4. The molecule has 4 nitrogen and oxygen atoms in total. The van der Waals surface area contributed by atoms with E-state index >= 15 is 0 Å². The molecule has 0 bridgehead atoms. The molecule has 0 heterocycles. The summed E-state index contributed by atoms with van der Waals surface area (Å²) in [5, 5.41) is 11.4. The molecule has 0 rings (SSSR count). The Morgan fingerprint density at radius 2 is 1.21 bits per heavy atom. The molecule has 0 saturated heterocycles. The molecule has 2 N–H and O–H groups in total. The van der Waals surface area contributed by atoms with Gasteiger partial charge in [-0.15, -0.1) is 0 Å². The van der Waals surface area contributed by atoms with Crippen molar-refractivity contribution in [2.75, 3.05) is 6.54 Å². The molecule has 0 spiro atoms. The molecule has 0 saturated carbocycles. The molecule has 0 aromatic carbocycles. The topological polar surface area (TPSA) is 66.4 Å². The van der Waals surface area contributed by atoms with E-state index in [9.17, 15) is 9.59 Å². The molecule has 0 aromatic heterocycles. The van der Waals surface area contributed by atoms with Gasteiger partial charge in [0.2, 0.25) is 0 Å². The van der Waals surface area contributed by atoms with Crippen molar-refractivity contribution in [2.24, 2.45) is 0 Å². The van der Waals surface area contributed by atoms with Gasteiger partial charge in [-0.1, -0.05) is 84.0 Å². The van der Waals surface area contributed by atoms with E-state index in [2.05, 4.69) is 12.2 Å². The first kappa shape index (κ1) is 23.1. The number of carbonyl (C=O) groups is 2. The van der Waals surface area contributed by atoms with Crippen molar-refractivity contribution in [2.45, 2.75) is 110 Å². The molecular formula is C20H39NO3. The van der Waals surface area contributed by atoms with Gasteiger partial charge >= 0.3 is 5.97 Å². The lowest BCUT2D eigenvalue weighted by molar-refractivity contribution is -0.139. The second-order valence-electron chi connectivity index (χ2n) is 6.97. The fourth-order valence-electron chi connectivity index (χ4n) is 2.78. The minimum Gasteiger partial charge on any atom is -0.480 e. The van der Waals surface area contributed by atoms with Crippen LogP contribution in [0.15, 0.2) is 0 Å². The molecule has 0 fully saturated rings. The summed E-state index contributed by atoms with van der Waals surface area (Å²) in [7, 11) is 0. The molecular weight excluding hydrogens is 302 g/mol. The molecule has 0 aliphatic carbocycles. The van der Waals surface area contributed by atoms with E-state index in [1.54, 1.807) is 6.92 Å². The molecule has 0 aliphatic heterocycles. The number of nitrogens with one attached hydrogen (secondary N) is 1. The van der Waals surface area contributed by atoms with Gasteiger partial charge in [-0.2, -0.15) is 0 Å². The Labute approximate surface area is 148 Å². The number of hydrogen-bond acceptors (Lipinski definition) is 3. The third-order valence-corrected chi connectivity index (χ3v) is 4.54. The van der Waals surface area contributed by atoms with Crippen molar-refractivity contribution in [1.82, 2.24) is 5.32 Å². The number of hydrogen-bond donors (Lipinski definition) is 2. The van der Waals surface area contributed by atoms with Crippen LogP contribution in [0.3, 0.4) is 0 Å². The van der Waals surface area contributed by atoms with Crippen LogP contribution in [-0.4, -0.2) is 29.4 Å². The maximum absolute atomic E-state index is 11.6. The fourth-order valence-corrected chi connectivity index (χ4v) is 2.78. The zero-order chi connectivity index (χ0) is 18.0. The Hall–Kier alpha value is -0.900. The van der Waals surface area contributed by atoms with Crippen molar-refractivity contribution < 1.29 is 14.7 Å². The summed E-state index contributed by atoms with van der Waals surface area (Å²) in [6.45, 7) is 3.99. The predicted octanol–water partition coefficient (Wildman–Crippen LogP) is 5.10. The number of carboxylic acid groups (broad SMARTS) is 1. The molecule has 142 valence electrons. The van der Waals surface area contributed by atoms with E-state index in [0.29, 0.717) is 6.42 Å². The average molecular weight is 342 g/mol. The second kappa shape index (κ2) is 16.9. The third-order valence-electron chi connectivity index (χ3n) is 4.54. The first-order chi connectivity index (χ1) is 11.6. The zero-order valence-electron chi connectivity index (χ0n) is 15.9. The van der Waals surface area contributed by atoms with Crippen molar-refractivity contribution in [3.8, 4) is 0 Å². The van der Waals surface area contributed by atoms with Crippen molar-refractivity contribution in [3.63, 3.8) is 0 Å². The summed E-state index contributed by atoms with van der Waals surface area (Å²) < 4.78 is 0. The van der Waals surface area contributed by atoms with E-state index in [1.807, 2.05) is 0 Å². The standard InChI is InChI=1S/C20H39NO3/c1-3-4-5-6-7-8-9-10-11-12-13-14-15-16-19(22)17-21-18(2)20(23)24/h18,21H,3-17H2,1-2H3,(H,23,24). The lowest BCUT2D eigenvalue weighted by atomic mass is 10.0. The lowest BCUT2D eigenvalue weighted by Crippen LogP contribution is -2.37. The van der Waals surface area contributed by atoms with Gasteiger partial charge in [0, 0.05) is 6.42 Å².